The van der Waals surface area contributed by atoms with Gasteiger partial charge in [-0.1, -0.05) is 13.8 Å². The Hall–Kier alpha value is -1.07. The van der Waals surface area contributed by atoms with Gasteiger partial charge in [0.2, 0.25) is 0 Å². The van der Waals surface area contributed by atoms with E-state index in [0.29, 0.717) is 13.1 Å². The zero-order valence-electron chi connectivity index (χ0n) is 11.0. The summed E-state index contributed by atoms with van der Waals surface area (Å²) < 4.78 is 0. The minimum absolute atomic E-state index is 0.0607. The molecule has 0 saturated heterocycles. The van der Waals surface area contributed by atoms with Crippen LogP contribution < -0.4 is 10.6 Å². The molecule has 0 atom stereocenters. The first-order valence-corrected chi connectivity index (χ1v) is 7.11. The van der Waals surface area contributed by atoms with Crippen LogP contribution in [0.15, 0.2) is 16.8 Å². The Bertz CT molecular complexity index is 350. The number of hydrogen-bond acceptors (Lipinski definition) is 3. The number of thiophene rings is 1. The maximum Gasteiger partial charge on any atom is 0.315 e. The Labute approximate surface area is 112 Å². The van der Waals surface area contributed by atoms with Gasteiger partial charge in [0.05, 0.1) is 0 Å². The van der Waals surface area contributed by atoms with E-state index in [-0.39, 0.29) is 18.1 Å². The molecular formula is C13H22N2O2S. The van der Waals surface area contributed by atoms with E-state index in [2.05, 4.69) is 10.6 Å². The monoisotopic (exact) mass is 270 g/mol. The van der Waals surface area contributed by atoms with Crippen LogP contribution in [-0.2, 0) is 6.54 Å². The molecule has 102 valence electrons. The van der Waals surface area contributed by atoms with Crippen molar-refractivity contribution in [3.05, 3.63) is 22.4 Å². The van der Waals surface area contributed by atoms with E-state index in [9.17, 15) is 4.79 Å². The summed E-state index contributed by atoms with van der Waals surface area (Å²) in [6.45, 7) is 5.42. The highest BCUT2D eigenvalue weighted by molar-refractivity contribution is 7.07. The number of amides is 2. The van der Waals surface area contributed by atoms with Gasteiger partial charge in [-0.05, 0) is 40.6 Å². The average Bonchev–Trinajstić information content (AvgIpc) is 2.85. The Morgan fingerprint density at radius 1 is 1.44 bits per heavy atom. The van der Waals surface area contributed by atoms with Gasteiger partial charge in [0, 0.05) is 19.7 Å². The molecule has 18 heavy (non-hydrogen) atoms. The molecule has 0 saturated carbocycles. The second kappa shape index (κ2) is 7.38. The zero-order chi connectivity index (χ0) is 13.4. The van der Waals surface area contributed by atoms with Crippen molar-refractivity contribution in [1.29, 1.82) is 0 Å². The molecule has 1 aromatic heterocycles. The highest BCUT2D eigenvalue weighted by Crippen LogP contribution is 2.20. The van der Waals surface area contributed by atoms with Crippen molar-refractivity contribution in [1.82, 2.24) is 10.6 Å². The maximum atomic E-state index is 11.5. The number of urea groups is 1. The molecule has 3 N–H and O–H groups in total. The molecule has 0 fully saturated rings. The molecule has 0 radical (unpaired) electrons. The van der Waals surface area contributed by atoms with Crippen LogP contribution in [0.3, 0.4) is 0 Å². The first-order valence-electron chi connectivity index (χ1n) is 6.17. The van der Waals surface area contributed by atoms with E-state index >= 15 is 0 Å². The molecule has 0 aliphatic carbocycles. The summed E-state index contributed by atoms with van der Waals surface area (Å²) in [4.78, 5) is 11.5. The highest BCUT2D eigenvalue weighted by atomic mass is 32.1. The molecule has 4 nitrogen and oxygen atoms in total. The zero-order valence-corrected chi connectivity index (χ0v) is 11.8. The average molecular weight is 270 g/mol. The summed E-state index contributed by atoms with van der Waals surface area (Å²) in [6.07, 6.45) is 1.77. The topological polar surface area (TPSA) is 61.4 Å². The molecule has 1 rings (SSSR count). The smallest absolute Gasteiger partial charge is 0.315 e. The van der Waals surface area contributed by atoms with Gasteiger partial charge in [0.15, 0.2) is 0 Å². The van der Waals surface area contributed by atoms with Crippen molar-refractivity contribution in [3.63, 3.8) is 0 Å². The van der Waals surface area contributed by atoms with Gasteiger partial charge >= 0.3 is 6.03 Å². The summed E-state index contributed by atoms with van der Waals surface area (Å²) in [5.41, 5.74) is 1.06. The van der Waals surface area contributed by atoms with Gasteiger partial charge in [-0.15, -0.1) is 0 Å². The number of aliphatic hydroxyl groups is 1. The number of rotatable bonds is 7. The molecule has 0 aromatic carbocycles. The van der Waals surface area contributed by atoms with Crippen LogP contribution in [0.25, 0.3) is 0 Å². The van der Waals surface area contributed by atoms with E-state index in [4.69, 9.17) is 5.11 Å². The summed E-state index contributed by atoms with van der Waals surface area (Å²) in [6, 6.07) is 1.86. The van der Waals surface area contributed by atoms with E-state index in [0.717, 1.165) is 18.4 Å². The first-order chi connectivity index (χ1) is 8.53. The lowest BCUT2D eigenvalue weighted by Crippen LogP contribution is -2.35. The van der Waals surface area contributed by atoms with Gasteiger partial charge < -0.3 is 15.7 Å². The van der Waals surface area contributed by atoms with Crippen molar-refractivity contribution in [3.8, 4) is 0 Å². The van der Waals surface area contributed by atoms with Crippen LogP contribution in [0.5, 0.6) is 0 Å². The van der Waals surface area contributed by atoms with E-state index < -0.39 is 0 Å². The molecule has 0 spiro atoms. The quantitative estimate of drug-likeness (QED) is 0.666. The number of hydrogen-bond donors (Lipinski definition) is 3. The van der Waals surface area contributed by atoms with Crippen molar-refractivity contribution in [2.24, 2.45) is 5.41 Å². The fraction of sp³-hybridized carbons (Fsp3) is 0.615. The summed E-state index contributed by atoms with van der Waals surface area (Å²) in [5, 5.41) is 18.7. The van der Waals surface area contributed by atoms with Gasteiger partial charge in [0.1, 0.15) is 0 Å². The summed E-state index contributed by atoms with van der Waals surface area (Å²) in [7, 11) is 0. The Morgan fingerprint density at radius 2 is 2.22 bits per heavy atom. The standard InChI is InChI=1S/C13H22N2O2S/c1-13(2,10-16)5-3-6-14-12(17)15-8-11-4-7-18-9-11/h4,7,9,16H,3,5-6,8,10H2,1-2H3,(H2,14,15,17). The van der Waals surface area contributed by atoms with Crippen LogP contribution in [-0.4, -0.2) is 24.3 Å². The molecule has 5 heteroatoms. The number of carbonyl (C=O) groups is 1. The van der Waals surface area contributed by atoms with Crippen LogP contribution in [0.2, 0.25) is 0 Å². The molecule has 1 heterocycles. The minimum atomic E-state index is -0.136. The first kappa shape index (κ1) is 15.0. The maximum absolute atomic E-state index is 11.5. The van der Waals surface area contributed by atoms with Gasteiger partial charge in [-0.25, -0.2) is 4.79 Å². The van der Waals surface area contributed by atoms with Gasteiger partial charge in [-0.2, -0.15) is 11.3 Å². The van der Waals surface area contributed by atoms with E-state index in [1.165, 1.54) is 0 Å². The van der Waals surface area contributed by atoms with E-state index in [1.54, 1.807) is 11.3 Å². The van der Waals surface area contributed by atoms with Crippen molar-refractivity contribution in [2.75, 3.05) is 13.2 Å². The molecule has 0 aliphatic rings. The second-order valence-corrected chi connectivity index (χ2v) is 5.95. The Kier molecular flexibility index (Phi) is 6.15. The molecule has 0 bridgehead atoms. The highest BCUT2D eigenvalue weighted by Gasteiger charge is 2.15. The van der Waals surface area contributed by atoms with Crippen LogP contribution in [0.1, 0.15) is 32.3 Å². The Morgan fingerprint density at radius 3 is 2.83 bits per heavy atom. The second-order valence-electron chi connectivity index (χ2n) is 5.17. The van der Waals surface area contributed by atoms with E-state index in [1.807, 2.05) is 30.7 Å². The van der Waals surface area contributed by atoms with Gasteiger partial charge in [-0.3, -0.25) is 0 Å². The Balaban J connectivity index is 2.07. The van der Waals surface area contributed by atoms with Gasteiger partial charge in [0.25, 0.3) is 0 Å². The minimum Gasteiger partial charge on any atom is -0.396 e. The number of nitrogens with one attached hydrogen (secondary N) is 2. The summed E-state index contributed by atoms with van der Waals surface area (Å²) in [5.74, 6) is 0. The molecule has 2 amide bonds. The number of carbonyl (C=O) groups excluding carboxylic acids is 1. The number of aliphatic hydroxyl groups excluding tert-OH is 1. The fourth-order valence-electron chi connectivity index (χ4n) is 1.49. The predicted molar refractivity (Wildman–Crippen MR) is 74.7 cm³/mol. The lowest BCUT2D eigenvalue weighted by molar-refractivity contribution is 0.148. The predicted octanol–water partition coefficient (Wildman–Crippen LogP) is 2.35. The summed E-state index contributed by atoms with van der Waals surface area (Å²) >= 11 is 1.62. The largest absolute Gasteiger partial charge is 0.396 e. The normalized spacial score (nSPS) is 11.3. The van der Waals surface area contributed by atoms with Crippen LogP contribution in [0.4, 0.5) is 4.79 Å². The van der Waals surface area contributed by atoms with Crippen LogP contribution in [0, 0.1) is 5.41 Å². The lowest BCUT2D eigenvalue weighted by atomic mass is 9.89. The molecule has 1 aromatic rings. The molecule has 0 aliphatic heterocycles. The fourth-order valence-corrected chi connectivity index (χ4v) is 2.15. The lowest BCUT2D eigenvalue weighted by Gasteiger charge is -2.21. The van der Waals surface area contributed by atoms with Crippen molar-refractivity contribution < 1.29 is 9.90 Å². The SMILES string of the molecule is CC(C)(CO)CCCNC(=O)NCc1ccsc1. The third-order valence-corrected chi connectivity index (χ3v) is 3.51. The molecule has 0 unspecified atom stereocenters. The third-order valence-electron chi connectivity index (χ3n) is 2.78. The van der Waals surface area contributed by atoms with Crippen molar-refractivity contribution in [2.45, 2.75) is 33.2 Å². The van der Waals surface area contributed by atoms with Crippen LogP contribution >= 0.6 is 11.3 Å². The van der Waals surface area contributed by atoms with Crippen molar-refractivity contribution >= 4 is 17.4 Å². The third kappa shape index (κ3) is 6.02. The molecular weight excluding hydrogens is 248 g/mol.